The lowest BCUT2D eigenvalue weighted by molar-refractivity contribution is -0.123. The first-order valence-electron chi connectivity index (χ1n) is 7.44. The molecule has 8 nitrogen and oxygen atoms in total. The third-order valence-corrected chi connectivity index (χ3v) is 2.70. The van der Waals surface area contributed by atoms with E-state index in [-0.39, 0.29) is 11.3 Å². The van der Waals surface area contributed by atoms with Crippen LogP contribution in [0.5, 0.6) is 11.5 Å². The first-order chi connectivity index (χ1) is 12.0. The van der Waals surface area contributed by atoms with Gasteiger partial charge in [-0.15, -0.1) is 0 Å². The van der Waals surface area contributed by atoms with Crippen LogP contribution in [-0.2, 0) is 9.53 Å². The number of nitrogens with one attached hydrogen (secondary N) is 2. The predicted molar refractivity (Wildman–Crippen MR) is 86.3 cm³/mol. The van der Waals surface area contributed by atoms with Crippen LogP contribution in [0, 0.1) is 0 Å². The zero-order valence-electron chi connectivity index (χ0n) is 14.7. The van der Waals surface area contributed by atoms with E-state index in [1.807, 2.05) is 5.32 Å². The van der Waals surface area contributed by atoms with Gasteiger partial charge >= 0.3 is 18.6 Å². The van der Waals surface area contributed by atoms with Crippen LogP contribution in [0.4, 0.5) is 13.6 Å². The summed E-state index contributed by atoms with van der Waals surface area (Å²) in [6.07, 6.45) is 0. The van der Waals surface area contributed by atoms with Gasteiger partial charge in [0.15, 0.2) is 18.1 Å². The van der Waals surface area contributed by atoms with Crippen molar-refractivity contribution in [2.45, 2.75) is 32.9 Å². The van der Waals surface area contributed by atoms with Crippen molar-refractivity contribution in [3.8, 4) is 11.5 Å². The largest absolute Gasteiger partial charge is 0.493 e. The van der Waals surface area contributed by atoms with Gasteiger partial charge in [0, 0.05) is 5.54 Å². The van der Waals surface area contributed by atoms with E-state index in [1.165, 1.54) is 25.3 Å². The summed E-state index contributed by atoms with van der Waals surface area (Å²) in [4.78, 5) is 35.2. The highest BCUT2D eigenvalue weighted by Crippen LogP contribution is 2.32. The first-order valence-corrected chi connectivity index (χ1v) is 7.44. The third-order valence-electron chi connectivity index (χ3n) is 2.70. The minimum absolute atomic E-state index is 0.103. The quantitative estimate of drug-likeness (QED) is 0.739. The maximum Gasteiger partial charge on any atom is 0.387 e. The molecular formula is C16H20F2N2O6. The normalized spacial score (nSPS) is 10.9. The molecule has 0 fully saturated rings. The molecule has 0 aliphatic rings. The van der Waals surface area contributed by atoms with E-state index in [4.69, 9.17) is 9.47 Å². The number of hydrogen-bond donors (Lipinski definition) is 2. The Hall–Kier alpha value is -2.91. The van der Waals surface area contributed by atoms with Gasteiger partial charge in [-0.2, -0.15) is 8.78 Å². The SMILES string of the molecule is COc1cccc(C(=O)OCC(=O)NC(=O)NC(C)(C)C)c1OC(F)F. The Morgan fingerprint density at radius 3 is 2.38 bits per heavy atom. The van der Waals surface area contributed by atoms with E-state index in [2.05, 4.69) is 10.1 Å². The second kappa shape index (κ2) is 8.97. The molecule has 0 aliphatic heterocycles. The number of carbonyl (C=O) groups is 3. The smallest absolute Gasteiger partial charge is 0.387 e. The van der Waals surface area contributed by atoms with Gasteiger partial charge in [-0.3, -0.25) is 10.1 Å². The third kappa shape index (κ3) is 6.91. The summed E-state index contributed by atoms with van der Waals surface area (Å²) in [7, 11) is 1.21. The average molecular weight is 374 g/mol. The summed E-state index contributed by atoms with van der Waals surface area (Å²) in [6.45, 7) is 1.16. The van der Waals surface area contributed by atoms with E-state index < -0.39 is 42.4 Å². The molecule has 3 amide bonds. The molecule has 2 N–H and O–H groups in total. The highest BCUT2D eigenvalue weighted by molar-refractivity contribution is 5.98. The lowest BCUT2D eigenvalue weighted by Gasteiger charge is -2.20. The van der Waals surface area contributed by atoms with Crippen LogP contribution >= 0.6 is 0 Å². The number of imide groups is 1. The molecule has 0 saturated heterocycles. The minimum atomic E-state index is -3.19. The fraction of sp³-hybridized carbons (Fsp3) is 0.438. The van der Waals surface area contributed by atoms with Gasteiger partial charge in [0.25, 0.3) is 5.91 Å². The second-order valence-corrected chi connectivity index (χ2v) is 6.04. The fourth-order valence-electron chi connectivity index (χ4n) is 1.79. The maximum absolute atomic E-state index is 12.5. The zero-order valence-corrected chi connectivity index (χ0v) is 14.7. The number of alkyl halides is 2. The molecule has 0 atom stereocenters. The van der Waals surface area contributed by atoms with E-state index in [0.717, 1.165) is 0 Å². The van der Waals surface area contributed by atoms with Gasteiger partial charge in [-0.1, -0.05) is 6.07 Å². The molecule has 0 heterocycles. The molecule has 0 unspecified atom stereocenters. The summed E-state index contributed by atoms with van der Waals surface area (Å²) in [6, 6.07) is 3.09. The Bertz CT molecular complexity index is 673. The number of amides is 3. The van der Waals surface area contributed by atoms with Gasteiger partial charge < -0.3 is 19.5 Å². The second-order valence-electron chi connectivity index (χ2n) is 6.04. The van der Waals surface area contributed by atoms with Gasteiger partial charge in [-0.05, 0) is 32.9 Å². The molecule has 0 saturated carbocycles. The number of para-hydroxylation sites is 1. The first kappa shape index (κ1) is 21.1. The van der Waals surface area contributed by atoms with Gasteiger partial charge in [-0.25, -0.2) is 9.59 Å². The van der Waals surface area contributed by atoms with Crippen molar-refractivity contribution in [3.63, 3.8) is 0 Å². The van der Waals surface area contributed by atoms with E-state index in [1.54, 1.807) is 20.8 Å². The molecule has 1 aromatic carbocycles. The standard InChI is InChI=1S/C16H20F2N2O6/c1-16(2,3)20-15(23)19-11(21)8-25-13(22)9-6-5-7-10(24-4)12(9)26-14(17)18/h5-7,14H,8H2,1-4H3,(H2,19,20,21,23). The number of halogens is 2. The van der Waals surface area contributed by atoms with Crippen LogP contribution < -0.4 is 20.1 Å². The molecule has 0 radical (unpaired) electrons. The number of benzene rings is 1. The fourth-order valence-corrected chi connectivity index (χ4v) is 1.79. The Morgan fingerprint density at radius 2 is 1.85 bits per heavy atom. The molecule has 26 heavy (non-hydrogen) atoms. The Labute approximate surface area is 148 Å². The van der Waals surface area contributed by atoms with Crippen LogP contribution in [0.15, 0.2) is 18.2 Å². The molecule has 0 bridgehead atoms. The summed E-state index contributed by atoms with van der Waals surface area (Å²) in [5.74, 6) is -2.60. The van der Waals surface area contributed by atoms with Crippen LogP contribution in [-0.4, -0.2) is 43.8 Å². The van der Waals surface area contributed by atoms with Crippen LogP contribution in [0.25, 0.3) is 0 Å². The van der Waals surface area contributed by atoms with Crippen molar-refractivity contribution in [2.24, 2.45) is 0 Å². The van der Waals surface area contributed by atoms with E-state index >= 15 is 0 Å². The lowest BCUT2D eigenvalue weighted by atomic mass is 10.1. The Morgan fingerprint density at radius 1 is 1.19 bits per heavy atom. The van der Waals surface area contributed by atoms with Crippen LogP contribution in [0.1, 0.15) is 31.1 Å². The number of carbonyl (C=O) groups excluding carboxylic acids is 3. The number of ether oxygens (including phenoxy) is 3. The number of esters is 1. The topological polar surface area (TPSA) is 103 Å². The Balaban J connectivity index is 2.74. The monoisotopic (exact) mass is 374 g/mol. The molecule has 0 aromatic heterocycles. The number of rotatable bonds is 6. The van der Waals surface area contributed by atoms with Crippen molar-refractivity contribution in [1.29, 1.82) is 0 Å². The zero-order chi connectivity index (χ0) is 19.9. The highest BCUT2D eigenvalue weighted by atomic mass is 19.3. The maximum atomic E-state index is 12.5. The van der Waals surface area contributed by atoms with Crippen molar-refractivity contribution < 1.29 is 37.4 Å². The molecule has 0 aliphatic carbocycles. The van der Waals surface area contributed by atoms with Crippen molar-refractivity contribution in [1.82, 2.24) is 10.6 Å². The molecular weight excluding hydrogens is 354 g/mol. The van der Waals surface area contributed by atoms with Crippen molar-refractivity contribution >= 4 is 17.9 Å². The van der Waals surface area contributed by atoms with Crippen LogP contribution in [0.2, 0.25) is 0 Å². The number of methoxy groups -OCH3 is 1. The average Bonchev–Trinajstić information content (AvgIpc) is 2.50. The van der Waals surface area contributed by atoms with Gasteiger partial charge in [0.05, 0.1) is 7.11 Å². The molecule has 1 aromatic rings. The van der Waals surface area contributed by atoms with Crippen molar-refractivity contribution in [2.75, 3.05) is 13.7 Å². The predicted octanol–water partition coefficient (Wildman–Crippen LogP) is 2.08. The molecule has 1 rings (SSSR count). The molecule has 0 spiro atoms. The lowest BCUT2D eigenvalue weighted by Crippen LogP contribution is -2.49. The Kier molecular flexibility index (Phi) is 7.29. The van der Waals surface area contributed by atoms with Gasteiger partial charge in [0.1, 0.15) is 5.56 Å². The van der Waals surface area contributed by atoms with Gasteiger partial charge in [0.2, 0.25) is 0 Å². The summed E-state index contributed by atoms with van der Waals surface area (Å²) < 4.78 is 39.0. The summed E-state index contributed by atoms with van der Waals surface area (Å²) in [5.41, 5.74) is -0.917. The number of hydrogen-bond acceptors (Lipinski definition) is 6. The minimum Gasteiger partial charge on any atom is -0.493 e. The summed E-state index contributed by atoms with van der Waals surface area (Å²) in [5, 5.41) is 4.45. The number of urea groups is 1. The highest BCUT2D eigenvalue weighted by Gasteiger charge is 2.22. The van der Waals surface area contributed by atoms with E-state index in [9.17, 15) is 23.2 Å². The molecule has 144 valence electrons. The van der Waals surface area contributed by atoms with Crippen LogP contribution in [0.3, 0.4) is 0 Å². The summed E-state index contributed by atoms with van der Waals surface area (Å²) >= 11 is 0. The molecule has 10 heteroatoms. The van der Waals surface area contributed by atoms with Crippen molar-refractivity contribution in [3.05, 3.63) is 23.8 Å². The van der Waals surface area contributed by atoms with E-state index in [0.29, 0.717) is 0 Å².